The van der Waals surface area contributed by atoms with E-state index in [0.29, 0.717) is 0 Å². The summed E-state index contributed by atoms with van der Waals surface area (Å²) in [5.74, 6) is 0.746. The maximum absolute atomic E-state index is 5.77. The van der Waals surface area contributed by atoms with Gasteiger partial charge in [0, 0.05) is 18.6 Å². The molecule has 1 heterocycles. The molecule has 1 saturated heterocycles. The summed E-state index contributed by atoms with van der Waals surface area (Å²) in [4.78, 5) is 2.70. The standard InChI is InChI=1S/C13H28N2/c1-4-6-7-13(5-2)15-10-12(9-14)8-11(15)3/h11-13H,4-10,14H2,1-3H3. The van der Waals surface area contributed by atoms with Crippen LogP contribution in [0.4, 0.5) is 0 Å². The van der Waals surface area contributed by atoms with Crippen LogP contribution in [-0.2, 0) is 0 Å². The third-order valence-electron chi connectivity index (χ3n) is 3.87. The second-order valence-corrected chi connectivity index (χ2v) is 5.09. The summed E-state index contributed by atoms with van der Waals surface area (Å²) in [6.07, 6.45) is 6.66. The van der Waals surface area contributed by atoms with E-state index < -0.39 is 0 Å². The fourth-order valence-corrected chi connectivity index (χ4v) is 2.89. The van der Waals surface area contributed by atoms with Crippen LogP contribution in [0, 0.1) is 5.92 Å². The lowest BCUT2D eigenvalue weighted by Crippen LogP contribution is -2.37. The summed E-state index contributed by atoms with van der Waals surface area (Å²) >= 11 is 0. The zero-order valence-corrected chi connectivity index (χ0v) is 10.7. The van der Waals surface area contributed by atoms with Crippen LogP contribution in [-0.4, -0.2) is 30.1 Å². The first kappa shape index (κ1) is 13.0. The number of hydrogen-bond donors (Lipinski definition) is 1. The van der Waals surface area contributed by atoms with Crippen LogP contribution >= 0.6 is 0 Å². The number of unbranched alkanes of at least 4 members (excludes halogenated alkanes) is 1. The highest BCUT2D eigenvalue weighted by Crippen LogP contribution is 2.27. The molecule has 1 aliphatic heterocycles. The molecule has 0 spiro atoms. The molecule has 0 aromatic carbocycles. The average molecular weight is 212 g/mol. The average Bonchev–Trinajstić information content (AvgIpc) is 2.61. The number of hydrogen-bond acceptors (Lipinski definition) is 2. The van der Waals surface area contributed by atoms with Gasteiger partial charge in [-0.2, -0.15) is 0 Å². The highest BCUT2D eigenvalue weighted by Gasteiger charge is 2.31. The molecule has 3 atom stereocenters. The van der Waals surface area contributed by atoms with Crippen molar-refractivity contribution in [3.8, 4) is 0 Å². The van der Waals surface area contributed by atoms with Gasteiger partial charge in [0.15, 0.2) is 0 Å². The first-order chi connectivity index (χ1) is 7.22. The minimum Gasteiger partial charge on any atom is -0.330 e. The Morgan fingerprint density at radius 2 is 2.13 bits per heavy atom. The summed E-state index contributed by atoms with van der Waals surface area (Å²) in [7, 11) is 0. The van der Waals surface area contributed by atoms with Gasteiger partial charge in [-0.25, -0.2) is 0 Å². The van der Waals surface area contributed by atoms with Gasteiger partial charge < -0.3 is 5.73 Å². The van der Waals surface area contributed by atoms with Crippen molar-refractivity contribution in [3.05, 3.63) is 0 Å². The highest BCUT2D eigenvalue weighted by molar-refractivity contribution is 4.87. The van der Waals surface area contributed by atoms with E-state index in [1.807, 2.05) is 0 Å². The Kier molecular flexibility index (Phi) is 5.62. The summed E-state index contributed by atoms with van der Waals surface area (Å²) in [6.45, 7) is 9.07. The van der Waals surface area contributed by atoms with Crippen molar-refractivity contribution in [3.63, 3.8) is 0 Å². The highest BCUT2D eigenvalue weighted by atomic mass is 15.2. The van der Waals surface area contributed by atoms with Gasteiger partial charge in [0.25, 0.3) is 0 Å². The van der Waals surface area contributed by atoms with Crippen molar-refractivity contribution in [2.75, 3.05) is 13.1 Å². The fraction of sp³-hybridized carbons (Fsp3) is 1.00. The Hall–Kier alpha value is -0.0800. The van der Waals surface area contributed by atoms with Crippen molar-refractivity contribution >= 4 is 0 Å². The molecule has 0 bridgehead atoms. The van der Waals surface area contributed by atoms with Gasteiger partial charge in [0.2, 0.25) is 0 Å². The lowest BCUT2D eigenvalue weighted by atomic mass is 10.1. The van der Waals surface area contributed by atoms with Crippen LogP contribution in [0.1, 0.15) is 52.9 Å². The molecule has 2 heteroatoms. The molecule has 0 aliphatic carbocycles. The molecule has 0 amide bonds. The van der Waals surface area contributed by atoms with E-state index in [1.54, 1.807) is 0 Å². The Balaban J connectivity index is 2.45. The van der Waals surface area contributed by atoms with E-state index in [-0.39, 0.29) is 0 Å². The molecule has 1 rings (SSSR count). The maximum atomic E-state index is 5.77. The third-order valence-corrected chi connectivity index (χ3v) is 3.87. The van der Waals surface area contributed by atoms with Crippen molar-refractivity contribution in [2.24, 2.45) is 11.7 Å². The smallest absolute Gasteiger partial charge is 0.00955 e. The molecule has 1 fully saturated rings. The molecule has 15 heavy (non-hydrogen) atoms. The van der Waals surface area contributed by atoms with Gasteiger partial charge in [-0.15, -0.1) is 0 Å². The lowest BCUT2D eigenvalue weighted by Gasteiger charge is -2.30. The summed E-state index contributed by atoms with van der Waals surface area (Å²) in [5, 5.41) is 0. The van der Waals surface area contributed by atoms with Crippen LogP contribution < -0.4 is 5.73 Å². The summed E-state index contributed by atoms with van der Waals surface area (Å²) < 4.78 is 0. The van der Waals surface area contributed by atoms with Crippen molar-refractivity contribution in [1.29, 1.82) is 0 Å². The quantitative estimate of drug-likeness (QED) is 0.733. The Bertz CT molecular complexity index is 170. The molecule has 2 nitrogen and oxygen atoms in total. The van der Waals surface area contributed by atoms with E-state index in [9.17, 15) is 0 Å². The minimum absolute atomic E-state index is 0.746. The second kappa shape index (κ2) is 6.49. The van der Waals surface area contributed by atoms with Gasteiger partial charge in [-0.1, -0.05) is 26.7 Å². The Labute approximate surface area is 95.2 Å². The van der Waals surface area contributed by atoms with Crippen LogP contribution in [0.2, 0.25) is 0 Å². The fourth-order valence-electron chi connectivity index (χ4n) is 2.89. The van der Waals surface area contributed by atoms with E-state index >= 15 is 0 Å². The predicted octanol–water partition coefficient (Wildman–Crippen LogP) is 2.62. The van der Waals surface area contributed by atoms with Gasteiger partial charge in [-0.3, -0.25) is 4.90 Å². The van der Waals surface area contributed by atoms with E-state index in [1.165, 1.54) is 38.6 Å². The molecular formula is C13H28N2. The molecule has 2 N–H and O–H groups in total. The van der Waals surface area contributed by atoms with Crippen LogP contribution in [0.5, 0.6) is 0 Å². The molecule has 1 aliphatic rings. The van der Waals surface area contributed by atoms with Crippen molar-refractivity contribution in [2.45, 2.75) is 65.0 Å². The number of likely N-dealkylation sites (tertiary alicyclic amines) is 1. The first-order valence-corrected chi connectivity index (χ1v) is 6.68. The topological polar surface area (TPSA) is 29.3 Å². The number of nitrogens with zero attached hydrogens (tertiary/aromatic N) is 1. The minimum atomic E-state index is 0.746. The lowest BCUT2D eigenvalue weighted by molar-refractivity contribution is 0.169. The molecule has 0 radical (unpaired) electrons. The zero-order valence-electron chi connectivity index (χ0n) is 10.7. The molecule has 0 aromatic rings. The first-order valence-electron chi connectivity index (χ1n) is 6.68. The largest absolute Gasteiger partial charge is 0.330 e. The maximum Gasteiger partial charge on any atom is 0.00955 e. The van der Waals surface area contributed by atoms with Crippen molar-refractivity contribution < 1.29 is 0 Å². The van der Waals surface area contributed by atoms with Crippen molar-refractivity contribution in [1.82, 2.24) is 4.90 Å². The molecule has 3 unspecified atom stereocenters. The van der Waals surface area contributed by atoms with E-state index in [4.69, 9.17) is 5.73 Å². The van der Waals surface area contributed by atoms with Crippen LogP contribution in [0.15, 0.2) is 0 Å². The SMILES string of the molecule is CCCCC(CC)N1CC(CN)CC1C. The van der Waals surface area contributed by atoms with Gasteiger partial charge >= 0.3 is 0 Å². The van der Waals surface area contributed by atoms with Crippen LogP contribution in [0.3, 0.4) is 0 Å². The summed E-state index contributed by atoms with van der Waals surface area (Å²) in [5.41, 5.74) is 5.77. The Morgan fingerprint density at radius 1 is 1.40 bits per heavy atom. The molecule has 0 aromatic heterocycles. The normalized spacial score (nSPS) is 29.6. The molecule has 0 saturated carbocycles. The van der Waals surface area contributed by atoms with Gasteiger partial charge in [0.05, 0.1) is 0 Å². The number of nitrogens with two attached hydrogens (primary N) is 1. The third kappa shape index (κ3) is 3.46. The Morgan fingerprint density at radius 3 is 2.60 bits per heavy atom. The van der Waals surface area contributed by atoms with Crippen LogP contribution in [0.25, 0.3) is 0 Å². The summed E-state index contributed by atoms with van der Waals surface area (Å²) in [6, 6.07) is 1.55. The molecular weight excluding hydrogens is 184 g/mol. The second-order valence-electron chi connectivity index (χ2n) is 5.09. The predicted molar refractivity (Wildman–Crippen MR) is 66.9 cm³/mol. The van der Waals surface area contributed by atoms with E-state index in [0.717, 1.165) is 24.5 Å². The monoisotopic (exact) mass is 212 g/mol. The zero-order chi connectivity index (χ0) is 11.3. The van der Waals surface area contributed by atoms with E-state index in [2.05, 4.69) is 25.7 Å². The van der Waals surface area contributed by atoms with Gasteiger partial charge in [0.1, 0.15) is 0 Å². The molecule has 90 valence electrons. The number of rotatable bonds is 6. The van der Waals surface area contributed by atoms with Gasteiger partial charge in [-0.05, 0) is 38.6 Å².